The van der Waals surface area contributed by atoms with Gasteiger partial charge in [-0.2, -0.15) is 0 Å². The first-order valence-corrected chi connectivity index (χ1v) is 5.61. The summed E-state index contributed by atoms with van der Waals surface area (Å²) in [4.78, 5) is 14.8. The second-order valence-electron chi connectivity index (χ2n) is 3.80. The van der Waals surface area contributed by atoms with Gasteiger partial charge in [-0.3, -0.25) is 10.1 Å². The number of benzene rings is 1. The van der Waals surface area contributed by atoms with Gasteiger partial charge in [-0.15, -0.1) is 12.4 Å². The Bertz CT molecular complexity index is 577. The Balaban J connectivity index is 0.00000180. The first kappa shape index (κ1) is 15.1. The molecule has 2 N–H and O–H groups in total. The van der Waals surface area contributed by atoms with Crippen LogP contribution in [0, 0.1) is 10.1 Å². The molecule has 2 aromatic rings. The van der Waals surface area contributed by atoms with E-state index in [1.807, 2.05) is 0 Å². The molecule has 0 fully saturated rings. The van der Waals surface area contributed by atoms with E-state index < -0.39 is 4.92 Å². The average molecular weight is 284 g/mol. The first-order chi connectivity index (χ1) is 8.74. The van der Waals surface area contributed by atoms with E-state index in [4.69, 9.17) is 5.11 Å². The topological polar surface area (TPSA) is 88.3 Å². The number of fused-ring (bicyclic) bond motifs is 1. The summed E-state index contributed by atoms with van der Waals surface area (Å²) in [6.45, 7) is 0.530. The van der Waals surface area contributed by atoms with Crippen molar-refractivity contribution in [1.82, 2.24) is 4.98 Å². The van der Waals surface area contributed by atoms with E-state index in [1.165, 1.54) is 6.20 Å². The lowest BCUT2D eigenvalue weighted by atomic mass is 10.1. The fraction of sp³-hybridized carbons (Fsp3) is 0.250. The maximum Gasteiger partial charge on any atom is 0.318 e. The third-order valence-corrected chi connectivity index (χ3v) is 2.58. The first-order valence-electron chi connectivity index (χ1n) is 5.61. The number of anilines is 1. The number of aromatic nitrogens is 1. The second kappa shape index (κ2) is 6.86. The summed E-state index contributed by atoms with van der Waals surface area (Å²) in [6.07, 6.45) is 2.07. The Labute approximate surface area is 116 Å². The van der Waals surface area contributed by atoms with Crippen LogP contribution in [0.4, 0.5) is 11.4 Å². The van der Waals surface area contributed by atoms with Gasteiger partial charge in [-0.1, -0.05) is 12.1 Å². The highest BCUT2D eigenvalue weighted by atomic mass is 35.5. The number of halogens is 1. The van der Waals surface area contributed by atoms with Crippen LogP contribution in [0.5, 0.6) is 0 Å². The van der Waals surface area contributed by atoms with Gasteiger partial charge >= 0.3 is 5.69 Å². The molecule has 0 saturated carbocycles. The van der Waals surface area contributed by atoms with Crippen molar-refractivity contribution < 1.29 is 10.0 Å². The molecule has 0 bridgehead atoms. The van der Waals surface area contributed by atoms with Crippen LogP contribution in [0.15, 0.2) is 30.5 Å². The van der Waals surface area contributed by atoms with Gasteiger partial charge < -0.3 is 10.4 Å². The minimum atomic E-state index is -0.434. The van der Waals surface area contributed by atoms with Gasteiger partial charge in [0.2, 0.25) is 0 Å². The zero-order chi connectivity index (χ0) is 13.0. The molecule has 1 aromatic heterocycles. The molecule has 0 aliphatic rings. The fourth-order valence-corrected chi connectivity index (χ4v) is 1.76. The number of nitro benzene ring substituents is 1. The third-order valence-electron chi connectivity index (χ3n) is 2.58. The van der Waals surface area contributed by atoms with Crippen LogP contribution in [0.3, 0.4) is 0 Å². The van der Waals surface area contributed by atoms with Gasteiger partial charge in [0.25, 0.3) is 0 Å². The molecule has 0 radical (unpaired) electrons. The molecule has 0 unspecified atom stereocenters. The fourth-order valence-electron chi connectivity index (χ4n) is 1.76. The minimum Gasteiger partial charge on any atom is -0.396 e. The van der Waals surface area contributed by atoms with Crippen molar-refractivity contribution in [3.63, 3.8) is 0 Å². The van der Waals surface area contributed by atoms with Gasteiger partial charge in [0.15, 0.2) is 0 Å². The lowest BCUT2D eigenvalue weighted by molar-refractivity contribution is -0.382. The maximum absolute atomic E-state index is 11.1. The predicted molar refractivity (Wildman–Crippen MR) is 75.8 cm³/mol. The summed E-state index contributed by atoms with van der Waals surface area (Å²) < 4.78 is 0. The Hall–Kier alpha value is -1.92. The summed E-state index contributed by atoms with van der Waals surface area (Å²) in [7, 11) is 0. The third kappa shape index (κ3) is 3.30. The Morgan fingerprint density at radius 3 is 2.84 bits per heavy atom. The van der Waals surface area contributed by atoms with Gasteiger partial charge in [-0.25, -0.2) is 4.98 Å². The van der Waals surface area contributed by atoms with Crippen molar-refractivity contribution in [3.8, 4) is 0 Å². The zero-order valence-electron chi connectivity index (χ0n) is 10.1. The molecule has 0 saturated heterocycles. The molecule has 1 heterocycles. The van der Waals surface area contributed by atoms with Crippen molar-refractivity contribution in [2.24, 2.45) is 0 Å². The number of pyridine rings is 1. The van der Waals surface area contributed by atoms with Crippen LogP contribution in [-0.4, -0.2) is 28.2 Å². The van der Waals surface area contributed by atoms with Crippen LogP contribution < -0.4 is 5.32 Å². The molecule has 0 aliphatic carbocycles. The quantitative estimate of drug-likeness (QED) is 0.499. The van der Waals surface area contributed by atoms with Crippen molar-refractivity contribution >= 4 is 34.7 Å². The number of nitrogens with one attached hydrogen (secondary N) is 1. The summed E-state index contributed by atoms with van der Waals surface area (Å²) in [5, 5.41) is 23.5. The van der Waals surface area contributed by atoms with E-state index in [-0.39, 0.29) is 24.7 Å². The van der Waals surface area contributed by atoms with E-state index in [1.54, 1.807) is 24.3 Å². The van der Waals surface area contributed by atoms with Crippen LogP contribution in [0.2, 0.25) is 0 Å². The van der Waals surface area contributed by atoms with Crippen molar-refractivity contribution in [1.29, 1.82) is 0 Å². The van der Waals surface area contributed by atoms with Crippen LogP contribution in [-0.2, 0) is 0 Å². The number of nitro groups is 1. The SMILES string of the molecule is Cl.O=[N+]([O-])c1c(NCCCO)ccc2cccnc12. The maximum atomic E-state index is 11.1. The highest BCUT2D eigenvalue weighted by molar-refractivity contribution is 5.93. The summed E-state index contributed by atoms with van der Waals surface area (Å²) in [5.41, 5.74) is 0.780. The molecule has 0 aliphatic heterocycles. The van der Waals surface area contributed by atoms with Crippen LogP contribution >= 0.6 is 12.4 Å². The Morgan fingerprint density at radius 1 is 1.37 bits per heavy atom. The van der Waals surface area contributed by atoms with Gasteiger partial charge in [0.1, 0.15) is 11.2 Å². The number of nitrogens with zero attached hydrogens (tertiary/aromatic N) is 2. The number of aliphatic hydroxyl groups excluding tert-OH is 1. The molecule has 1 aromatic carbocycles. The van der Waals surface area contributed by atoms with Crippen LogP contribution in [0.25, 0.3) is 10.9 Å². The molecule has 102 valence electrons. The van der Waals surface area contributed by atoms with Gasteiger partial charge in [-0.05, 0) is 18.6 Å². The van der Waals surface area contributed by atoms with Crippen molar-refractivity contribution in [2.45, 2.75) is 6.42 Å². The predicted octanol–water partition coefficient (Wildman–Crippen LogP) is 2.36. The standard InChI is InChI=1S/C12H13N3O3.ClH/c16-8-2-7-13-10-5-4-9-3-1-6-14-11(9)12(10)15(17)18;/h1,3-6,13,16H,2,7-8H2;1H. The smallest absolute Gasteiger partial charge is 0.318 e. The molecule has 0 spiro atoms. The van der Waals surface area contributed by atoms with Crippen molar-refractivity contribution in [3.05, 3.63) is 40.6 Å². The molecule has 7 heteroatoms. The monoisotopic (exact) mass is 283 g/mol. The average Bonchev–Trinajstić information content (AvgIpc) is 2.38. The largest absolute Gasteiger partial charge is 0.396 e. The number of rotatable bonds is 5. The van der Waals surface area contributed by atoms with E-state index in [0.29, 0.717) is 24.2 Å². The molecule has 0 amide bonds. The lowest BCUT2D eigenvalue weighted by Crippen LogP contribution is -2.06. The van der Waals surface area contributed by atoms with Crippen molar-refractivity contribution in [2.75, 3.05) is 18.5 Å². The number of hydrogen-bond donors (Lipinski definition) is 2. The molecular weight excluding hydrogens is 270 g/mol. The number of hydrogen-bond acceptors (Lipinski definition) is 5. The highest BCUT2D eigenvalue weighted by Gasteiger charge is 2.18. The molecule has 2 rings (SSSR count). The van der Waals surface area contributed by atoms with E-state index >= 15 is 0 Å². The summed E-state index contributed by atoms with van der Waals surface area (Å²) >= 11 is 0. The normalized spacial score (nSPS) is 9.95. The van der Waals surface area contributed by atoms with Gasteiger partial charge in [0.05, 0.1) is 4.92 Å². The second-order valence-corrected chi connectivity index (χ2v) is 3.80. The van der Waals surface area contributed by atoms with Crippen LogP contribution in [0.1, 0.15) is 6.42 Å². The lowest BCUT2D eigenvalue weighted by Gasteiger charge is -2.07. The summed E-state index contributed by atoms with van der Waals surface area (Å²) in [5.74, 6) is 0. The molecule has 0 atom stereocenters. The highest BCUT2D eigenvalue weighted by Crippen LogP contribution is 2.31. The van der Waals surface area contributed by atoms with E-state index in [9.17, 15) is 10.1 Å². The summed E-state index contributed by atoms with van der Waals surface area (Å²) in [6, 6.07) is 6.98. The Morgan fingerprint density at radius 2 is 2.16 bits per heavy atom. The molecule has 6 nitrogen and oxygen atoms in total. The van der Waals surface area contributed by atoms with E-state index in [0.717, 1.165) is 5.39 Å². The van der Waals surface area contributed by atoms with Gasteiger partial charge in [0, 0.05) is 24.7 Å². The minimum absolute atomic E-state index is 0. The Kier molecular flexibility index (Phi) is 5.47. The molecular formula is C12H14ClN3O3. The van der Waals surface area contributed by atoms with E-state index in [2.05, 4.69) is 10.3 Å². The zero-order valence-corrected chi connectivity index (χ0v) is 10.9. The molecule has 19 heavy (non-hydrogen) atoms. The number of aliphatic hydroxyl groups is 1.